The summed E-state index contributed by atoms with van der Waals surface area (Å²) in [6, 6.07) is 0.798. The maximum absolute atomic E-state index is 5.94. The molecule has 0 amide bonds. The molecule has 1 aliphatic carbocycles. The second kappa shape index (κ2) is 6.87. The lowest BCUT2D eigenvalue weighted by Crippen LogP contribution is -2.38. The van der Waals surface area contributed by atoms with Gasteiger partial charge in [0.25, 0.3) is 0 Å². The second-order valence-corrected chi connectivity index (χ2v) is 6.56. The summed E-state index contributed by atoms with van der Waals surface area (Å²) >= 11 is 2.11. The minimum Gasteiger partial charge on any atom is -0.330 e. The van der Waals surface area contributed by atoms with E-state index < -0.39 is 0 Å². The van der Waals surface area contributed by atoms with Crippen molar-refractivity contribution in [1.82, 2.24) is 5.32 Å². The van der Waals surface area contributed by atoms with Crippen LogP contribution in [-0.4, -0.2) is 30.6 Å². The summed E-state index contributed by atoms with van der Waals surface area (Å²) in [6.45, 7) is 2.03. The highest BCUT2D eigenvalue weighted by molar-refractivity contribution is 7.99. The molecule has 0 bridgehead atoms. The Morgan fingerprint density at radius 1 is 1.12 bits per heavy atom. The van der Waals surface area contributed by atoms with E-state index in [0.717, 1.165) is 31.0 Å². The molecule has 1 heterocycles. The fourth-order valence-corrected chi connectivity index (χ4v) is 4.22. The monoisotopic (exact) mass is 242 g/mol. The van der Waals surface area contributed by atoms with E-state index in [-0.39, 0.29) is 0 Å². The Kier molecular flexibility index (Phi) is 5.46. The van der Waals surface area contributed by atoms with Crippen LogP contribution in [0.2, 0.25) is 0 Å². The average Bonchev–Trinajstić information content (AvgIpc) is 2.84. The molecule has 2 nitrogen and oxygen atoms in total. The summed E-state index contributed by atoms with van der Waals surface area (Å²) in [5.41, 5.74) is 5.94. The molecule has 2 fully saturated rings. The molecular weight excluding hydrogens is 216 g/mol. The van der Waals surface area contributed by atoms with Crippen LogP contribution in [-0.2, 0) is 0 Å². The van der Waals surface area contributed by atoms with Gasteiger partial charge in [-0.3, -0.25) is 0 Å². The Hall–Kier alpha value is 0.270. The molecule has 16 heavy (non-hydrogen) atoms. The van der Waals surface area contributed by atoms with E-state index in [2.05, 4.69) is 17.1 Å². The van der Waals surface area contributed by atoms with Gasteiger partial charge in [0.15, 0.2) is 0 Å². The number of nitrogens with one attached hydrogen (secondary N) is 1. The Morgan fingerprint density at radius 3 is 2.44 bits per heavy atom. The van der Waals surface area contributed by atoms with Gasteiger partial charge in [0.1, 0.15) is 0 Å². The standard InChI is InChI=1S/C13H26N2S/c14-9-12(11-5-7-16-8-6-11)10-15-13-3-1-2-4-13/h11-13,15H,1-10,14H2. The zero-order valence-electron chi connectivity index (χ0n) is 10.3. The largest absolute Gasteiger partial charge is 0.330 e. The molecule has 3 heteroatoms. The molecule has 94 valence electrons. The first kappa shape index (κ1) is 12.7. The van der Waals surface area contributed by atoms with Gasteiger partial charge in [-0.1, -0.05) is 12.8 Å². The number of hydrogen-bond donors (Lipinski definition) is 2. The molecule has 1 saturated heterocycles. The number of thioether (sulfide) groups is 1. The summed E-state index contributed by atoms with van der Waals surface area (Å²) in [5, 5.41) is 3.74. The van der Waals surface area contributed by atoms with Crippen LogP contribution in [0.1, 0.15) is 38.5 Å². The van der Waals surface area contributed by atoms with Crippen molar-refractivity contribution in [2.24, 2.45) is 17.6 Å². The maximum atomic E-state index is 5.94. The Labute approximate surface area is 104 Å². The fraction of sp³-hybridized carbons (Fsp3) is 1.00. The molecule has 0 radical (unpaired) electrons. The lowest BCUT2D eigenvalue weighted by molar-refractivity contribution is 0.294. The van der Waals surface area contributed by atoms with E-state index >= 15 is 0 Å². The number of hydrogen-bond acceptors (Lipinski definition) is 3. The zero-order chi connectivity index (χ0) is 11.2. The van der Waals surface area contributed by atoms with Crippen molar-refractivity contribution in [3.05, 3.63) is 0 Å². The number of nitrogens with two attached hydrogens (primary N) is 1. The van der Waals surface area contributed by atoms with E-state index in [9.17, 15) is 0 Å². The first-order chi connectivity index (χ1) is 7.90. The van der Waals surface area contributed by atoms with Crippen molar-refractivity contribution in [2.45, 2.75) is 44.6 Å². The first-order valence-corrected chi connectivity index (χ1v) is 8.07. The van der Waals surface area contributed by atoms with Gasteiger partial charge in [-0.15, -0.1) is 0 Å². The van der Waals surface area contributed by atoms with Crippen LogP contribution in [0.3, 0.4) is 0 Å². The highest BCUT2D eigenvalue weighted by Crippen LogP contribution is 2.28. The lowest BCUT2D eigenvalue weighted by atomic mass is 9.87. The van der Waals surface area contributed by atoms with Crippen LogP contribution in [0.25, 0.3) is 0 Å². The predicted molar refractivity (Wildman–Crippen MR) is 72.9 cm³/mol. The van der Waals surface area contributed by atoms with Crippen molar-refractivity contribution in [3.63, 3.8) is 0 Å². The summed E-state index contributed by atoms with van der Waals surface area (Å²) in [7, 11) is 0. The summed E-state index contributed by atoms with van der Waals surface area (Å²) in [4.78, 5) is 0. The summed E-state index contributed by atoms with van der Waals surface area (Å²) in [6.07, 6.45) is 8.39. The highest BCUT2D eigenvalue weighted by atomic mass is 32.2. The molecule has 0 spiro atoms. The molecular formula is C13H26N2S. The molecule has 1 saturated carbocycles. The van der Waals surface area contributed by atoms with Crippen LogP contribution in [0.15, 0.2) is 0 Å². The van der Waals surface area contributed by atoms with Crippen LogP contribution in [0.5, 0.6) is 0 Å². The average molecular weight is 242 g/mol. The molecule has 3 N–H and O–H groups in total. The van der Waals surface area contributed by atoms with Gasteiger partial charge in [0.2, 0.25) is 0 Å². The van der Waals surface area contributed by atoms with Gasteiger partial charge in [-0.2, -0.15) is 11.8 Å². The third kappa shape index (κ3) is 3.64. The third-order valence-electron chi connectivity index (χ3n) is 4.26. The van der Waals surface area contributed by atoms with E-state index in [1.54, 1.807) is 0 Å². The summed E-state index contributed by atoms with van der Waals surface area (Å²) < 4.78 is 0. The maximum Gasteiger partial charge on any atom is 0.00671 e. The Bertz CT molecular complexity index is 186. The van der Waals surface area contributed by atoms with Crippen molar-refractivity contribution in [3.8, 4) is 0 Å². The van der Waals surface area contributed by atoms with Crippen molar-refractivity contribution < 1.29 is 0 Å². The molecule has 0 aromatic heterocycles. The zero-order valence-corrected chi connectivity index (χ0v) is 11.1. The topological polar surface area (TPSA) is 38.0 Å². The predicted octanol–water partition coefficient (Wildman–Crippen LogP) is 2.24. The molecule has 1 atom stereocenters. The first-order valence-electron chi connectivity index (χ1n) is 6.91. The van der Waals surface area contributed by atoms with E-state index in [1.807, 2.05) is 0 Å². The third-order valence-corrected chi connectivity index (χ3v) is 5.31. The number of rotatable bonds is 5. The second-order valence-electron chi connectivity index (χ2n) is 5.34. The molecule has 0 aromatic carbocycles. The van der Waals surface area contributed by atoms with Gasteiger partial charge in [-0.05, 0) is 62.1 Å². The van der Waals surface area contributed by atoms with Crippen molar-refractivity contribution >= 4 is 11.8 Å². The van der Waals surface area contributed by atoms with Crippen molar-refractivity contribution in [1.29, 1.82) is 0 Å². The van der Waals surface area contributed by atoms with E-state index in [1.165, 1.54) is 50.0 Å². The SMILES string of the molecule is NCC(CNC1CCCC1)C1CCSCC1. The molecule has 1 unspecified atom stereocenters. The minimum absolute atomic E-state index is 0.724. The Morgan fingerprint density at radius 2 is 1.81 bits per heavy atom. The van der Waals surface area contributed by atoms with Gasteiger partial charge in [0, 0.05) is 6.04 Å². The van der Waals surface area contributed by atoms with Crippen molar-refractivity contribution in [2.75, 3.05) is 24.6 Å². The highest BCUT2D eigenvalue weighted by Gasteiger charge is 2.24. The normalized spacial score (nSPS) is 26.1. The van der Waals surface area contributed by atoms with E-state index in [4.69, 9.17) is 5.73 Å². The molecule has 2 rings (SSSR count). The molecule has 2 aliphatic rings. The van der Waals surface area contributed by atoms with Gasteiger partial charge in [-0.25, -0.2) is 0 Å². The molecule has 0 aromatic rings. The molecule has 1 aliphatic heterocycles. The smallest absolute Gasteiger partial charge is 0.00671 e. The minimum atomic E-state index is 0.724. The van der Waals surface area contributed by atoms with Gasteiger partial charge >= 0.3 is 0 Å². The van der Waals surface area contributed by atoms with Gasteiger partial charge < -0.3 is 11.1 Å². The Balaban J connectivity index is 1.70. The van der Waals surface area contributed by atoms with Crippen LogP contribution in [0, 0.1) is 11.8 Å². The fourth-order valence-electron chi connectivity index (χ4n) is 3.08. The van der Waals surface area contributed by atoms with Crippen LogP contribution < -0.4 is 11.1 Å². The van der Waals surface area contributed by atoms with Crippen LogP contribution in [0.4, 0.5) is 0 Å². The summed E-state index contributed by atoms with van der Waals surface area (Å²) in [5.74, 6) is 4.32. The van der Waals surface area contributed by atoms with Crippen LogP contribution >= 0.6 is 11.8 Å². The lowest BCUT2D eigenvalue weighted by Gasteiger charge is -2.30. The van der Waals surface area contributed by atoms with E-state index in [0.29, 0.717) is 0 Å². The quantitative estimate of drug-likeness (QED) is 0.776. The van der Waals surface area contributed by atoms with Gasteiger partial charge in [0.05, 0.1) is 0 Å².